The van der Waals surface area contributed by atoms with Gasteiger partial charge in [0, 0.05) is 17.9 Å². The second kappa shape index (κ2) is 4.94. The Morgan fingerprint density at radius 2 is 1.83 bits per heavy atom. The van der Waals surface area contributed by atoms with Crippen molar-refractivity contribution in [3.05, 3.63) is 11.5 Å². The summed E-state index contributed by atoms with van der Waals surface area (Å²) in [5, 5.41) is 0. The van der Waals surface area contributed by atoms with E-state index in [-0.39, 0.29) is 5.54 Å². The lowest BCUT2D eigenvalue weighted by atomic mass is 9.87. The molecule has 0 atom stereocenters. The highest BCUT2D eigenvalue weighted by atomic mass is 15.2. The molecule has 1 aliphatic rings. The Morgan fingerprint density at radius 3 is 2.28 bits per heavy atom. The molecule has 0 radical (unpaired) electrons. The molecule has 1 aliphatic carbocycles. The Labute approximate surface area is 111 Å². The predicted octanol–water partition coefficient (Wildman–Crippen LogP) is 3.83. The smallest absolute Gasteiger partial charge is 0.127 e. The van der Waals surface area contributed by atoms with E-state index in [4.69, 9.17) is 10.7 Å². The zero-order chi connectivity index (χ0) is 13.3. The molecule has 2 N–H and O–H groups in total. The van der Waals surface area contributed by atoms with E-state index in [1.165, 1.54) is 37.8 Å². The van der Waals surface area contributed by atoms with E-state index in [0.717, 1.165) is 18.1 Å². The first kappa shape index (κ1) is 13.4. The monoisotopic (exact) mass is 249 g/mol. The first-order valence-electron chi connectivity index (χ1n) is 7.32. The number of nitrogens with zero attached hydrogens (tertiary/aromatic N) is 2. The summed E-state index contributed by atoms with van der Waals surface area (Å²) in [4.78, 5) is 4.86. The molecule has 0 spiro atoms. The van der Waals surface area contributed by atoms with Crippen LogP contribution in [-0.2, 0) is 12.0 Å². The van der Waals surface area contributed by atoms with Crippen LogP contribution in [0.15, 0.2) is 0 Å². The number of hydrogen-bond acceptors (Lipinski definition) is 2. The summed E-state index contributed by atoms with van der Waals surface area (Å²) >= 11 is 0. The molecule has 102 valence electrons. The van der Waals surface area contributed by atoms with Crippen LogP contribution in [-0.4, -0.2) is 9.55 Å². The van der Waals surface area contributed by atoms with Crippen molar-refractivity contribution in [2.24, 2.45) is 0 Å². The van der Waals surface area contributed by atoms with Gasteiger partial charge in [-0.1, -0.05) is 26.2 Å². The largest absolute Gasteiger partial charge is 0.384 e. The molecule has 0 aromatic carbocycles. The third kappa shape index (κ3) is 2.40. The Morgan fingerprint density at radius 1 is 1.22 bits per heavy atom. The lowest BCUT2D eigenvalue weighted by Crippen LogP contribution is -2.25. The van der Waals surface area contributed by atoms with Gasteiger partial charge in [-0.25, -0.2) is 4.98 Å². The fraction of sp³-hybridized carbons (Fsp3) is 0.800. The van der Waals surface area contributed by atoms with Crippen LogP contribution in [0.4, 0.5) is 5.82 Å². The van der Waals surface area contributed by atoms with Gasteiger partial charge in [-0.05, 0) is 33.6 Å². The summed E-state index contributed by atoms with van der Waals surface area (Å²) in [5.74, 6) is 2.64. The molecule has 0 amide bonds. The average Bonchev–Trinajstić information content (AvgIpc) is 2.67. The average molecular weight is 249 g/mol. The second-order valence-corrected chi connectivity index (χ2v) is 6.49. The van der Waals surface area contributed by atoms with Crippen molar-refractivity contribution < 1.29 is 0 Å². The van der Waals surface area contributed by atoms with Gasteiger partial charge in [0.15, 0.2) is 0 Å². The number of aryl methyl sites for hydroxylation is 1. The molecule has 0 bridgehead atoms. The summed E-state index contributed by atoms with van der Waals surface area (Å²) in [6.07, 6.45) is 7.50. The maximum absolute atomic E-state index is 6.40. The molecule has 1 saturated carbocycles. The minimum Gasteiger partial charge on any atom is -0.384 e. The topological polar surface area (TPSA) is 43.8 Å². The normalized spacial score (nSPS) is 18.2. The molecular weight excluding hydrogens is 222 g/mol. The minimum atomic E-state index is 0.0232. The van der Waals surface area contributed by atoms with Crippen LogP contribution >= 0.6 is 0 Å². The van der Waals surface area contributed by atoms with E-state index in [1.807, 2.05) is 0 Å². The van der Waals surface area contributed by atoms with Crippen molar-refractivity contribution in [1.29, 1.82) is 0 Å². The number of imidazole rings is 1. The van der Waals surface area contributed by atoms with E-state index in [2.05, 4.69) is 32.3 Å². The van der Waals surface area contributed by atoms with Gasteiger partial charge in [-0.3, -0.25) is 0 Å². The van der Waals surface area contributed by atoms with Crippen molar-refractivity contribution in [3.8, 4) is 0 Å². The lowest BCUT2D eigenvalue weighted by Gasteiger charge is -2.25. The third-order valence-electron chi connectivity index (χ3n) is 3.99. The van der Waals surface area contributed by atoms with Gasteiger partial charge in [0.05, 0.1) is 5.69 Å². The van der Waals surface area contributed by atoms with Crippen LogP contribution in [0, 0.1) is 0 Å². The first-order chi connectivity index (χ1) is 8.45. The van der Waals surface area contributed by atoms with E-state index < -0.39 is 0 Å². The van der Waals surface area contributed by atoms with E-state index in [9.17, 15) is 0 Å². The molecule has 1 aromatic heterocycles. The van der Waals surface area contributed by atoms with Crippen molar-refractivity contribution in [1.82, 2.24) is 9.55 Å². The SMILES string of the molecule is CCc1nc(C2CCCCC2)c(N)n1C(C)(C)C. The number of nitrogens with two attached hydrogens (primary N) is 1. The highest BCUT2D eigenvalue weighted by Gasteiger charge is 2.27. The van der Waals surface area contributed by atoms with Crippen LogP contribution in [0.2, 0.25) is 0 Å². The van der Waals surface area contributed by atoms with Crippen molar-refractivity contribution in [2.45, 2.75) is 77.7 Å². The van der Waals surface area contributed by atoms with E-state index in [0.29, 0.717) is 5.92 Å². The molecule has 18 heavy (non-hydrogen) atoms. The summed E-state index contributed by atoms with van der Waals surface area (Å²) in [7, 11) is 0. The van der Waals surface area contributed by atoms with Crippen LogP contribution < -0.4 is 5.73 Å². The molecule has 3 nitrogen and oxygen atoms in total. The summed E-state index contributed by atoms with van der Waals surface area (Å²) in [6.45, 7) is 8.77. The summed E-state index contributed by atoms with van der Waals surface area (Å²) in [6, 6.07) is 0. The Hall–Kier alpha value is -0.990. The standard InChI is InChI=1S/C15H27N3/c1-5-12-17-13(11-9-7-6-8-10-11)14(16)18(12)15(2,3)4/h11H,5-10,16H2,1-4H3. The minimum absolute atomic E-state index is 0.0232. The Balaban J connectivity index is 2.40. The number of aromatic nitrogens is 2. The lowest BCUT2D eigenvalue weighted by molar-refractivity contribution is 0.388. The van der Waals surface area contributed by atoms with E-state index >= 15 is 0 Å². The van der Waals surface area contributed by atoms with Gasteiger partial charge < -0.3 is 10.3 Å². The van der Waals surface area contributed by atoms with Gasteiger partial charge in [0.25, 0.3) is 0 Å². The molecular formula is C15H27N3. The van der Waals surface area contributed by atoms with Crippen molar-refractivity contribution in [2.75, 3.05) is 5.73 Å². The van der Waals surface area contributed by atoms with Crippen LogP contribution in [0.1, 0.15) is 77.2 Å². The van der Waals surface area contributed by atoms with Gasteiger partial charge in [0.1, 0.15) is 11.6 Å². The molecule has 0 aliphatic heterocycles. The van der Waals surface area contributed by atoms with Gasteiger partial charge in [-0.15, -0.1) is 0 Å². The fourth-order valence-corrected chi connectivity index (χ4v) is 3.16. The molecule has 1 fully saturated rings. The van der Waals surface area contributed by atoms with Gasteiger partial charge >= 0.3 is 0 Å². The molecule has 2 rings (SSSR count). The number of nitrogen functional groups attached to an aromatic ring is 1. The molecule has 0 unspecified atom stereocenters. The second-order valence-electron chi connectivity index (χ2n) is 6.49. The quantitative estimate of drug-likeness (QED) is 0.865. The highest BCUT2D eigenvalue weighted by molar-refractivity contribution is 5.42. The number of anilines is 1. The molecule has 1 aromatic rings. The number of rotatable bonds is 2. The third-order valence-corrected chi connectivity index (χ3v) is 3.99. The van der Waals surface area contributed by atoms with E-state index in [1.54, 1.807) is 0 Å². The van der Waals surface area contributed by atoms with Gasteiger partial charge in [-0.2, -0.15) is 0 Å². The number of hydrogen-bond donors (Lipinski definition) is 1. The maximum atomic E-state index is 6.40. The molecule has 1 heterocycles. The highest BCUT2D eigenvalue weighted by Crippen LogP contribution is 2.37. The molecule has 3 heteroatoms. The first-order valence-corrected chi connectivity index (χ1v) is 7.32. The Kier molecular flexibility index (Phi) is 3.69. The van der Waals surface area contributed by atoms with Crippen molar-refractivity contribution >= 4 is 5.82 Å². The zero-order valence-corrected chi connectivity index (χ0v) is 12.3. The summed E-state index contributed by atoms with van der Waals surface area (Å²) < 4.78 is 2.23. The maximum Gasteiger partial charge on any atom is 0.127 e. The molecule has 0 saturated heterocycles. The summed E-state index contributed by atoms with van der Waals surface area (Å²) in [5.41, 5.74) is 7.59. The van der Waals surface area contributed by atoms with Crippen LogP contribution in [0.25, 0.3) is 0 Å². The van der Waals surface area contributed by atoms with Crippen molar-refractivity contribution in [3.63, 3.8) is 0 Å². The zero-order valence-electron chi connectivity index (χ0n) is 12.3. The van der Waals surface area contributed by atoms with Crippen LogP contribution in [0.5, 0.6) is 0 Å². The van der Waals surface area contributed by atoms with Gasteiger partial charge in [0.2, 0.25) is 0 Å². The van der Waals surface area contributed by atoms with Crippen LogP contribution in [0.3, 0.4) is 0 Å². The fourth-order valence-electron chi connectivity index (χ4n) is 3.16. The predicted molar refractivity (Wildman–Crippen MR) is 76.8 cm³/mol. The Bertz CT molecular complexity index is 406.